The number of rotatable bonds is 5. The molecule has 0 aliphatic carbocycles. The summed E-state index contributed by atoms with van der Waals surface area (Å²) in [5, 5.41) is 2.26. The molecular weight excluding hydrogens is 796 g/mol. The number of fused-ring (bicyclic) bond motifs is 3. The Morgan fingerprint density at radius 3 is 2.06 bits per heavy atom. The van der Waals surface area contributed by atoms with E-state index < -0.39 is 0 Å². The first-order valence-electron chi connectivity index (χ1n) is 17.0. The minimum absolute atomic E-state index is 0. The Hall–Kier alpha value is -4.34. The molecule has 0 saturated heterocycles. The van der Waals surface area contributed by atoms with Crippen molar-refractivity contribution >= 4 is 33.2 Å². The van der Waals surface area contributed by atoms with Gasteiger partial charge in [0.1, 0.15) is 5.82 Å². The van der Waals surface area contributed by atoms with Crippen molar-refractivity contribution in [3.63, 3.8) is 0 Å². The third kappa shape index (κ3) is 6.85. The van der Waals surface area contributed by atoms with Gasteiger partial charge in [0, 0.05) is 61.1 Å². The van der Waals surface area contributed by atoms with E-state index in [0.29, 0.717) is 11.5 Å². The minimum atomic E-state index is -0.0772. The molecule has 4 aromatic carbocycles. The molecule has 0 saturated carbocycles. The predicted octanol–water partition coefficient (Wildman–Crippen LogP) is 11.5. The predicted molar refractivity (Wildman–Crippen MR) is 203 cm³/mol. The summed E-state index contributed by atoms with van der Waals surface area (Å²) in [5.74, 6) is 2.11. The molecule has 2 aromatic heterocycles. The van der Waals surface area contributed by atoms with Crippen LogP contribution >= 0.6 is 0 Å². The van der Waals surface area contributed by atoms with Gasteiger partial charge in [-0.2, -0.15) is 12.1 Å². The standard InChI is InChI=1S/C44H45N4O.Pt/c1-42(2,3)30-17-19-32(20-18-30)47-29-46(28-40(47)44(7,8)9)33-13-12-14-34(26-33)49-35-21-22-37-36-15-10-11-16-38(36)48(39(37)27-35)41-25-31(23-24-45-41)43(4,5)6;/h10-25,28-29H,1-9H3;/q-3;. The van der Waals surface area contributed by atoms with Crippen LogP contribution in [0.15, 0.2) is 109 Å². The van der Waals surface area contributed by atoms with Gasteiger partial charge in [-0.25, -0.2) is 4.98 Å². The zero-order valence-electron chi connectivity index (χ0n) is 30.4. The maximum absolute atomic E-state index is 6.48. The van der Waals surface area contributed by atoms with Crippen LogP contribution in [-0.2, 0) is 31.9 Å². The van der Waals surface area contributed by atoms with Crippen LogP contribution in [0.3, 0.4) is 0 Å². The van der Waals surface area contributed by atoms with Gasteiger partial charge in [0.2, 0.25) is 0 Å². The van der Waals surface area contributed by atoms with E-state index in [0.717, 1.165) is 39.0 Å². The molecule has 1 aliphatic rings. The molecule has 50 heavy (non-hydrogen) atoms. The molecular formula is C44H45N4OPt-3. The summed E-state index contributed by atoms with van der Waals surface area (Å²) in [4.78, 5) is 9.21. The molecule has 5 nitrogen and oxygen atoms in total. The summed E-state index contributed by atoms with van der Waals surface area (Å²) in [6, 6.07) is 38.8. The van der Waals surface area contributed by atoms with E-state index in [4.69, 9.17) is 9.72 Å². The van der Waals surface area contributed by atoms with Crippen molar-refractivity contribution in [1.29, 1.82) is 0 Å². The number of hydrogen-bond donors (Lipinski definition) is 0. The van der Waals surface area contributed by atoms with E-state index in [9.17, 15) is 0 Å². The van der Waals surface area contributed by atoms with Gasteiger partial charge in [-0.3, -0.25) is 0 Å². The zero-order chi connectivity index (χ0) is 34.7. The fourth-order valence-corrected chi connectivity index (χ4v) is 6.37. The number of hydrogen-bond acceptors (Lipinski definition) is 4. The van der Waals surface area contributed by atoms with Crippen molar-refractivity contribution in [1.82, 2.24) is 9.55 Å². The Balaban J connectivity index is 0.00000432. The molecule has 6 heteroatoms. The van der Waals surface area contributed by atoms with Gasteiger partial charge in [-0.1, -0.05) is 98.2 Å². The van der Waals surface area contributed by atoms with E-state index in [1.165, 1.54) is 16.8 Å². The van der Waals surface area contributed by atoms with Crippen molar-refractivity contribution in [2.75, 3.05) is 9.80 Å². The van der Waals surface area contributed by atoms with Crippen LogP contribution in [0.25, 0.3) is 27.6 Å². The second-order valence-electron chi connectivity index (χ2n) is 16.0. The molecule has 260 valence electrons. The molecule has 0 unspecified atom stereocenters. The summed E-state index contributed by atoms with van der Waals surface area (Å²) in [5.41, 5.74) is 7.80. The first-order valence-corrected chi connectivity index (χ1v) is 17.0. The summed E-state index contributed by atoms with van der Waals surface area (Å²) in [6.45, 7) is 22.3. The normalized spacial score (nSPS) is 13.9. The fraction of sp³-hybridized carbons (Fsp3) is 0.273. The number of nitrogens with zero attached hydrogens (tertiary/aromatic N) is 4. The van der Waals surface area contributed by atoms with Gasteiger partial charge in [-0.05, 0) is 63.9 Å². The maximum Gasteiger partial charge on any atom is 0.135 e. The van der Waals surface area contributed by atoms with Crippen LogP contribution in [0.2, 0.25) is 0 Å². The van der Waals surface area contributed by atoms with Crippen LogP contribution < -0.4 is 14.5 Å². The molecule has 0 fully saturated rings. The Kier molecular flexibility index (Phi) is 9.29. The zero-order valence-corrected chi connectivity index (χ0v) is 32.7. The molecule has 0 bridgehead atoms. The van der Waals surface area contributed by atoms with Gasteiger partial charge in [0.15, 0.2) is 0 Å². The molecule has 0 amide bonds. The molecule has 6 aromatic rings. The van der Waals surface area contributed by atoms with Crippen LogP contribution in [0, 0.1) is 24.2 Å². The number of ether oxygens (including phenoxy) is 1. The average molecular weight is 841 g/mol. The van der Waals surface area contributed by atoms with E-state index in [-0.39, 0.29) is 37.3 Å². The Labute approximate surface area is 311 Å². The third-order valence-electron chi connectivity index (χ3n) is 9.19. The number of benzene rings is 4. The summed E-state index contributed by atoms with van der Waals surface area (Å²) < 4.78 is 8.67. The first-order chi connectivity index (χ1) is 23.2. The average Bonchev–Trinajstić information content (AvgIpc) is 3.65. The fourth-order valence-electron chi connectivity index (χ4n) is 6.37. The summed E-state index contributed by atoms with van der Waals surface area (Å²) >= 11 is 0. The first kappa shape index (κ1) is 35.5. The van der Waals surface area contributed by atoms with Crippen molar-refractivity contribution in [3.05, 3.63) is 139 Å². The second kappa shape index (κ2) is 13.1. The Morgan fingerprint density at radius 2 is 1.36 bits per heavy atom. The number of allylic oxidation sites excluding steroid dienone is 1. The van der Waals surface area contributed by atoms with E-state index in [1.807, 2.05) is 24.4 Å². The van der Waals surface area contributed by atoms with E-state index in [2.05, 4.69) is 174 Å². The SMILES string of the molecule is CC(C)(C)C1=CN(c2[c-]c(Oc3[c-]c4c(cc3)c3ccccc3n4-c3cc(C(C)(C)C)ccn3)ccc2)[CH-]N1c1ccc(C(C)(C)C)cc1.[Pt]. The topological polar surface area (TPSA) is 33.5 Å². The minimum Gasteiger partial charge on any atom is -0.509 e. The van der Waals surface area contributed by atoms with E-state index >= 15 is 0 Å². The van der Waals surface area contributed by atoms with Crippen molar-refractivity contribution < 1.29 is 25.8 Å². The van der Waals surface area contributed by atoms with Crippen LogP contribution in [-0.4, -0.2) is 9.55 Å². The van der Waals surface area contributed by atoms with E-state index in [1.54, 1.807) is 0 Å². The molecule has 0 spiro atoms. The van der Waals surface area contributed by atoms with Crippen LogP contribution in [0.4, 0.5) is 11.4 Å². The van der Waals surface area contributed by atoms with Crippen LogP contribution in [0.5, 0.6) is 11.5 Å². The third-order valence-corrected chi connectivity index (χ3v) is 9.19. The Bertz CT molecular complexity index is 2190. The van der Waals surface area contributed by atoms with Gasteiger partial charge < -0.3 is 19.1 Å². The van der Waals surface area contributed by atoms with Gasteiger partial charge in [0.05, 0.1) is 0 Å². The van der Waals surface area contributed by atoms with Crippen molar-refractivity contribution in [3.8, 4) is 17.3 Å². The smallest absolute Gasteiger partial charge is 0.135 e. The monoisotopic (exact) mass is 840 g/mol. The number of pyridine rings is 1. The molecule has 0 N–H and O–H groups in total. The maximum atomic E-state index is 6.48. The second-order valence-corrected chi connectivity index (χ2v) is 16.0. The molecule has 1 aliphatic heterocycles. The van der Waals surface area contributed by atoms with Crippen LogP contribution in [0.1, 0.15) is 73.4 Å². The summed E-state index contributed by atoms with van der Waals surface area (Å²) in [6.07, 6.45) is 4.09. The quantitative estimate of drug-likeness (QED) is 0.162. The number of anilines is 2. The molecule has 0 atom stereocenters. The summed E-state index contributed by atoms with van der Waals surface area (Å²) in [7, 11) is 0. The van der Waals surface area contributed by atoms with Crippen molar-refractivity contribution in [2.45, 2.75) is 73.1 Å². The Morgan fingerprint density at radius 1 is 0.660 bits per heavy atom. The number of para-hydroxylation sites is 1. The van der Waals surface area contributed by atoms with Crippen molar-refractivity contribution in [2.24, 2.45) is 5.41 Å². The number of aromatic nitrogens is 2. The largest absolute Gasteiger partial charge is 0.509 e. The molecule has 7 rings (SSSR count). The van der Waals surface area contributed by atoms with Gasteiger partial charge in [0.25, 0.3) is 0 Å². The van der Waals surface area contributed by atoms with Gasteiger partial charge >= 0.3 is 0 Å². The molecule has 0 radical (unpaired) electrons. The molecule has 3 heterocycles. The van der Waals surface area contributed by atoms with Gasteiger partial charge in [-0.15, -0.1) is 48.1 Å².